The van der Waals surface area contributed by atoms with Crippen molar-refractivity contribution in [2.24, 2.45) is 0 Å². The van der Waals surface area contributed by atoms with Crippen LogP contribution in [0.3, 0.4) is 0 Å². The number of imidazole rings is 1. The SMILES string of the molecule is CCc1ccc(OCCC(=O)n2ccnc2)cc1. The van der Waals surface area contributed by atoms with Crippen molar-refractivity contribution in [1.29, 1.82) is 0 Å². The summed E-state index contributed by atoms with van der Waals surface area (Å²) >= 11 is 0. The first-order valence-electron chi connectivity index (χ1n) is 6.02. The third-order valence-corrected chi connectivity index (χ3v) is 2.71. The number of hydrogen-bond acceptors (Lipinski definition) is 3. The van der Waals surface area contributed by atoms with Crippen LogP contribution in [0.15, 0.2) is 43.0 Å². The van der Waals surface area contributed by atoms with E-state index in [1.165, 1.54) is 16.5 Å². The molecule has 0 fully saturated rings. The van der Waals surface area contributed by atoms with E-state index in [4.69, 9.17) is 4.74 Å². The largest absolute Gasteiger partial charge is 0.493 e. The van der Waals surface area contributed by atoms with Crippen LogP contribution in [0.25, 0.3) is 0 Å². The molecule has 0 unspecified atom stereocenters. The molecule has 4 nitrogen and oxygen atoms in total. The molecule has 0 aliphatic heterocycles. The summed E-state index contributed by atoms with van der Waals surface area (Å²) in [4.78, 5) is 15.5. The monoisotopic (exact) mass is 244 g/mol. The summed E-state index contributed by atoms with van der Waals surface area (Å²) < 4.78 is 6.98. The molecule has 0 bridgehead atoms. The Balaban J connectivity index is 1.79. The van der Waals surface area contributed by atoms with Crippen molar-refractivity contribution in [2.45, 2.75) is 19.8 Å². The van der Waals surface area contributed by atoms with E-state index in [0.717, 1.165) is 12.2 Å². The molecule has 0 aliphatic rings. The smallest absolute Gasteiger partial charge is 0.235 e. The lowest BCUT2D eigenvalue weighted by Crippen LogP contribution is -2.12. The highest BCUT2D eigenvalue weighted by atomic mass is 16.5. The van der Waals surface area contributed by atoms with Crippen LogP contribution in [0.2, 0.25) is 0 Å². The number of carbonyl (C=O) groups is 1. The minimum atomic E-state index is -0.0160. The molecule has 0 saturated heterocycles. The first-order valence-corrected chi connectivity index (χ1v) is 6.02. The summed E-state index contributed by atoms with van der Waals surface area (Å²) in [5.74, 6) is 0.781. The second-order valence-electron chi connectivity index (χ2n) is 3.96. The Morgan fingerprint density at radius 3 is 2.72 bits per heavy atom. The molecule has 0 radical (unpaired) electrons. The van der Waals surface area contributed by atoms with Crippen LogP contribution in [-0.2, 0) is 6.42 Å². The standard InChI is InChI=1S/C14H16N2O2/c1-2-12-3-5-13(6-4-12)18-10-7-14(17)16-9-8-15-11-16/h3-6,8-9,11H,2,7,10H2,1H3. The normalized spacial score (nSPS) is 10.3. The van der Waals surface area contributed by atoms with Gasteiger partial charge in [-0.3, -0.25) is 9.36 Å². The maximum atomic E-state index is 11.6. The molecule has 2 aromatic rings. The topological polar surface area (TPSA) is 44.1 Å². The molecule has 1 aromatic heterocycles. The first kappa shape index (κ1) is 12.4. The van der Waals surface area contributed by atoms with Crippen molar-refractivity contribution < 1.29 is 9.53 Å². The Kier molecular flexibility index (Phi) is 4.12. The van der Waals surface area contributed by atoms with E-state index in [1.807, 2.05) is 24.3 Å². The number of rotatable bonds is 5. The highest BCUT2D eigenvalue weighted by Gasteiger charge is 2.04. The number of hydrogen-bond donors (Lipinski definition) is 0. The van der Waals surface area contributed by atoms with Gasteiger partial charge < -0.3 is 4.74 Å². The van der Waals surface area contributed by atoms with E-state index < -0.39 is 0 Å². The maximum absolute atomic E-state index is 11.6. The first-order chi connectivity index (χ1) is 8.79. The van der Waals surface area contributed by atoms with Crippen molar-refractivity contribution in [2.75, 3.05) is 6.61 Å². The van der Waals surface area contributed by atoms with Crippen molar-refractivity contribution in [3.8, 4) is 5.75 Å². The highest BCUT2D eigenvalue weighted by molar-refractivity contribution is 5.78. The predicted molar refractivity (Wildman–Crippen MR) is 68.8 cm³/mol. The lowest BCUT2D eigenvalue weighted by atomic mass is 10.2. The average Bonchev–Trinajstić information content (AvgIpc) is 2.93. The van der Waals surface area contributed by atoms with Crippen LogP contribution in [0.1, 0.15) is 23.7 Å². The van der Waals surface area contributed by atoms with E-state index in [2.05, 4.69) is 11.9 Å². The molecule has 94 valence electrons. The van der Waals surface area contributed by atoms with Gasteiger partial charge in [0.2, 0.25) is 5.91 Å². The number of carbonyl (C=O) groups excluding carboxylic acids is 1. The summed E-state index contributed by atoms with van der Waals surface area (Å²) in [5.41, 5.74) is 1.27. The van der Waals surface area contributed by atoms with Gasteiger partial charge in [-0.15, -0.1) is 0 Å². The molecular formula is C14H16N2O2. The van der Waals surface area contributed by atoms with Crippen LogP contribution < -0.4 is 4.74 Å². The fourth-order valence-electron chi connectivity index (χ4n) is 1.61. The van der Waals surface area contributed by atoms with Gasteiger partial charge in [-0.1, -0.05) is 19.1 Å². The van der Waals surface area contributed by atoms with Crippen molar-refractivity contribution in [1.82, 2.24) is 9.55 Å². The van der Waals surface area contributed by atoms with Gasteiger partial charge in [0.05, 0.1) is 13.0 Å². The highest BCUT2D eigenvalue weighted by Crippen LogP contribution is 2.12. The zero-order valence-electron chi connectivity index (χ0n) is 10.4. The zero-order chi connectivity index (χ0) is 12.8. The van der Waals surface area contributed by atoms with Gasteiger partial charge in [0, 0.05) is 12.4 Å². The predicted octanol–water partition coefficient (Wildman–Crippen LogP) is 2.55. The quantitative estimate of drug-likeness (QED) is 0.812. The lowest BCUT2D eigenvalue weighted by molar-refractivity contribution is 0.0881. The van der Waals surface area contributed by atoms with E-state index in [0.29, 0.717) is 13.0 Å². The minimum absolute atomic E-state index is 0.0160. The number of nitrogens with zero attached hydrogens (tertiary/aromatic N) is 2. The van der Waals surface area contributed by atoms with Gasteiger partial charge in [-0.25, -0.2) is 4.98 Å². The molecule has 4 heteroatoms. The number of aromatic nitrogens is 2. The molecule has 0 spiro atoms. The Morgan fingerprint density at radius 1 is 1.33 bits per heavy atom. The summed E-state index contributed by atoms with van der Waals surface area (Å²) in [5, 5.41) is 0. The fraction of sp³-hybridized carbons (Fsp3) is 0.286. The summed E-state index contributed by atoms with van der Waals surface area (Å²) in [7, 11) is 0. The van der Waals surface area contributed by atoms with E-state index in [-0.39, 0.29) is 5.91 Å². The van der Waals surface area contributed by atoms with Crippen molar-refractivity contribution >= 4 is 5.91 Å². The molecule has 0 atom stereocenters. The molecule has 1 aromatic carbocycles. The van der Waals surface area contributed by atoms with Crippen molar-refractivity contribution in [3.05, 3.63) is 48.5 Å². The number of aryl methyl sites for hydroxylation is 1. The number of benzene rings is 1. The molecule has 0 N–H and O–H groups in total. The van der Waals surface area contributed by atoms with Gasteiger partial charge in [0.1, 0.15) is 12.1 Å². The van der Waals surface area contributed by atoms with E-state index >= 15 is 0 Å². The van der Waals surface area contributed by atoms with Gasteiger partial charge in [-0.05, 0) is 24.1 Å². The third-order valence-electron chi connectivity index (χ3n) is 2.71. The second-order valence-corrected chi connectivity index (χ2v) is 3.96. The van der Waals surface area contributed by atoms with Gasteiger partial charge in [0.25, 0.3) is 0 Å². The van der Waals surface area contributed by atoms with E-state index in [1.54, 1.807) is 12.4 Å². The Labute approximate surface area is 106 Å². The van der Waals surface area contributed by atoms with Crippen LogP contribution in [-0.4, -0.2) is 22.1 Å². The number of ether oxygens (including phenoxy) is 1. The molecule has 18 heavy (non-hydrogen) atoms. The van der Waals surface area contributed by atoms with Gasteiger partial charge in [0.15, 0.2) is 0 Å². The van der Waals surface area contributed by atoms with Crippen LogP contribution >= 0.6 is 0 Å². The molecular weight excluding hydrogens is 228 g/mol. The maximum Gasteiger partial charge on any atom is 0.235 e. The Morgan fingerprint density at radius 2 is 2.11 bits per heavy atom. The molecule has 1 heterocycles. The fourth-order valence-corrected chi connectivity index (χ4v) is 1.61. The second kappa shape index (κ2) is 6.00. The molecule has 0 saturated carbocycles. The van der Waals surface area contributed by atoms with Crippen LogP contribution in [0, 0.1) is 0 Å². The van der Waals surface area contributed by atoms with Crippen LogP contribution in [0.4, 0.5) is 0 Å². The Bertz CT molecular complexity index is 489. The molecule has 0 amide bonds. The summed E-state index contributed by atoms with van der Waals surface area (Å²) in [6, 6.07) is 7.93. The average molecular weight is 244 g/mol. The minimum Gasteiger partial charge on any atom is -0.493 e. The summed E-state index contributed by atoms with van der Waals surface area (Å²) in [6.07, 6.45) is 6.07. The molecule has 0 aliphatic carbocycles. The Hall–Kier alpha value is -2.10. The van der Waals surface area contributed by atoms with E-state index in [9.17, 15) is 4.79 Å². The third kappa shape index (κ3) is 3.20. The lowest BCUT2D eigenvalue weighted by Gasteiger charge is -2.06. The summed E-state index contributed by atoms with van der Waals surface area (Å²) in [6.45, 7) is 2.49. The molecule has 2 rings (SSSR count). The zero-order valence-corrected chi connectivity index (χ0v) is 10.4. The van der Waals surface area contributed by atoms with Gasteiger partial charge in [-0.2, -0.15) is 0 Å². The van der Waals surface area contributed by atoms with Crippen LogP contribution in [0.5, 0.6) is 5.75 Å². The van der Waals surface area contributed by atoms with Gasteiger partial charge >= 0.3 is 0 Å². The van der Waals surface area contributed by atoms with Crippen molar-refractivity contribution in [3.63, 3.8) is 0 Å².